The number of nitrogens with zero attached hydrogens (tertiary/aromatic N) is 1. The molecule has 3 nitrogen and oxygen atoms in total. The lowest BCUT2D eigenvalue weighted by atomic mass is 9.98. The molecule has 4 heteroatoms. The van der Waals surface area contributed by atoms with Crippen LogP contribution in [0.2, 0.25) is 0 Å². The molecule has 0 bridgehead atoms. The van der Waals surface area contributed by atoms with Gasteiger partial charge in [-0.15, -0.1) is 12.4 Å². The van der Waals surface area contributed by atoms with Crippen molar-refractivity contribution in [3.63, 3.8) is 0 Å². The Balaban J connectivity index is 0.00000133. The Morgan fingerprint density at radius 3 is 2.74 bits per heavy atom. The molecule has 19 heavy (non-hydrogen) atoms. The summed E-state index contributed by atoms with van der Waals surface area (Å²) in [5, 5.41) is 3.35. The van der Waals surface area contributed by atoms with Crippen molar-refractivity contribution in [2.45, 2.75) is 38.3 Å². The van der Waals surface area contributed by atoms with E-state index >= 15 is 0 Å². The summed E-state index contributed by atoms with van der Waals surface area (Å²) in [5.41, 5.74) is 2.71. The molecule has 0 spiro atoms. The number of amides is 1. The Labute approximate surface area is 120 Å². The maximum Gasteiger partial charge on any atom is 0.240 e. The minimum Gasteiger partial charge on any atom is -0.337 e. The second-order valence-corrected chi connectivity index (χ2v) is 5.28. The number of benzene rings is 1. The van der Waals surface area contributed by atoms with Crippen molar-refractivity contribution >= 4 is 18.3 Å². The van der Waals surface area contributed by atoms with Gasteiger partial charge in [-0.3, -0.25) is 4.79 Å². The first-order chi connectivity index (χ1) is 8.84. The average Bonchev–Trinajstić information content (AvgIpc) is 2.47. The van der Waals surface area contributed by atoms with Gasteiger partial charge >= 0.3 is 0 Å². The summed E-state index contributed by atoms with van der Waals surface area (Å²) >= 11 is 0. The number of piperidine rings is 1. The molecule has 2 aliphatic heterocycles. The molecule has 2 heterocycles. The lowest BCUT2D eigenvalue weighted by molar-refractivity contribution is -0.135. The maximum atomic E-state index is 12.4. The molecule has 2 aliphatic rings. The van der Waals surface area contributed by atoms with Gasteiger partial charge in [0.1, 0.15) is 0 Å². The summed E-state index contributed by atoms with van der Waals surface area (Å²) < 4.78 is 0. The molecular formula is C15H21ClN2O. The Morgan fingerprint density at radius 1 is 1.21 bits per heavy atom. The number of rotatable bonds is 1. The molecule has 1 unspecified atom stereocenters. The smallest absolute Gasteiger partial charge is 0.240 e. The van der Waals surface area contributed by atoms with E-state index in [1.165, 1.54) is 24.0 Å². The van der Waals surface area contributed by atoms with Gasteiger partial charge < -0.3 is 10.2 Å². The van der Waals surface area contributed by atoms with Gasteiger partial charge in [-0.05, 0) is 36.9 Å². The van der Waals surface area contributed by atoms with Gasteiger partial charge in [0.25, 0.3) is 0 Å². The van der Waals surface area contributed by atoms with Gasteiger partial charge in [0.2, 0.25) is 5.91 Å². The third-order valence-corrected chi connectivity index (χ3v) is 4.05. The first-order valence-corrected chi connectivity index (χ1v) is 6.93. The standard InChI is InChI=1S/C15H20N2O.ClH/c18-15(14-7-3-4-9-16-14)17-10-8-12-5-1-2-6-13(12)11-17;/h1-2,5-6,14,16H,3-4,7-11H2;1H. The zero-order valence-corrected chi connectivity index (χ0v) is 11.9. The highest BCUT2D eigenvalue weighted by atomic mass is 35.5. The average molecular weight is 281 g/mol. The first kappa shape index (κ1) is 14.4. The summed E-state index contributed by atoms with van der Waals surface area (Å²) in [6, 6.07) is 8.52. The van der Waals surface area contributed by atoms with Gasteiger partial charge in [-0.25, -0.2) is 0 Å². The predicted molar refractivity (Wildman–Crippen MR) is 78.5 cm³/mol. The van der Waals surface area contributed by atoms with Crippen LogP contribution in [-0.2, 0) is 17.8 Å². The van der Waals surface area contributed by atoms with E-state index < -0.39 is 0 Å². The van der Waals surface area contributed by atoms with Crippen molar-refractivity contribution in [2.24, 2.45) is 0 Å². The molecule has 0 radical (unpaired) electrons. The van der Waals surface area contributed by atoms with Crippen LogP contribution in [-0.4, -0.2) is 29.9 Å². The number of nitrogens with one attached hydrogen (secondary N) is 1. The molecule has 1 atom stereocenters. The van der Waals surface area contributed by atoms with Crippen LogP contribution in [0.3, 0.4) is 0 Å². The number of hydrogen-bond acceptors (Lipinski definition) is 2. The van der Waals surface area contributed by atoms with Gasteiger partial charge in [0.05, 0.1) is 6.04 Å². The second-order valence-electron chi connectivity index (χ2n) is 5.28. The first-order valence-electron chi connectivity index (χ1n) is 6.93. The summed E-state index contributed by atoms with van der Waals surface area (Å²) in [6.07, 6.45) is 4.37. The minimum absolute atomic E-state index is 0. The third-order valence-electron chi connectivity index (χ3n) is 4.05. The molecule has 0 saturated carbocycles. The van der Waals surface area contributed by atoms with Crippen molar-refractivity contribution in [3.8, 4) is 0 Å². The highest BCUT2D eigenvalue weighted by Crippen LogP contribution is 2.20. The third kappa shape index (κ3) is 3.10. The van der Waals surface area contributed by atoms with Crippen LogP contribution >= 0.6 is 12.4 Å². The SMILES string of the molecule is Cl.O=C(C1CCCCN1)N1CCc2ccccc2C1. The van der Waals surface area contributed by atoms with Gasteiger partial charge in [-0.1, -0.05) is 30.7 Å². The highest BCUT2D eigenvalue weighted by Gasteiger charge is 2.27. The zero-order valence-electron chi connectivity index (χ0n) is 11.1. The Kier molecular flexibility index (Phi) is 4.83. The van der Waals surface area contributed by atoms with Crippen LogP contribution in [0.15, 0.2) is 24.3 Å². The highest BCUT2D eigenvalue weighted by molar-refractivity contribution is 5.85. The van der Waals surface area contributed by atoms with E-state index in [9.17, 15) is 4.79 Å². The molecule has 1 amide bonds. The van der Waals surface area contributed by atoms with E-state index in [1.54, 1.807) is 0 Å². The number of carbonyl (C=O) groups is 1. The van der Waals surface area contributed by atoms with Crippen molar-refractivity contribution in [2.75, 3.05) is 13.1 Å². The van der Waals surface area contributed by atoms with Crippen LogP contribution in [0.25, 0.3) is 0 Å². The summed E-state index contributed by atoms with van der Waals surface area (Å²) in [7, 11) is 0. The van der Waals surface area contributed by atoms with Crippen molar-refractivity contribution in [1.82, 2.24) is 10.2 Å². The number of carbonyl (C=O) groups excluding carboxylic acids is 1. The molecule has 0 aromatic heterocycles. The molecule has 1 aromatic rings. The summed E-state index contributed by atoms with van der Waals surface area (Å²) in [6.45, 7) is 2.64. The summed E-state index contributed by atoms with van der Waals surface area (Å²) in [5.74, 6) is 0.296. The van der Waals surface area contributed by atoms with Gasteiger partial charge in [0, 0.05) is 13.1 Å². The lowest BCUT2D eigenvalue weighted by Gasteiger charge is -2.33. The predicted octanol–water partition coefficient (Wildman–Crippen LogP) is 2.14. The fourth-order valence-corrected chi connectivity index (χ4v) is 2.97. The zero-order chi connectivity index (χ0) is 12.4. The minimum atomic E-state index is 0. The molecular weight excluding hydrogens is 260 g/mol. The molecule has 104 valence electrons. The second kappa shape index (κ2) is 6.40. The Bertz CT molecular complexity index is 444. The van der Waals surface area contributed by atoms with Gasteiger partial charge in [-0.2, -0.15) is 0 Å². The normalized spacial score (nSPS) is 22.3. The van der Waals surface area contributed by atoms with E-state index in [0.29, 0.717) is 5.91 Å². The molecule has 1 N–H and O–H groups in total. The van der Waals surface area contributed by atoms with E-state index in [1.807, 2.05) is 4.90 Å². The molecule has 1 saturated heterocycles. The van der Waals surface area contributed by atoms with Gasteiger partial charge in [0.15, 0.2) is 0 Å². The van der Waals surface area contributed by atoms with Crippen molar-refractivity contribution < 1.29 is 4.79 Å². The quantitative estimate of drug-likeness (QED) is 0.855. The van der Waals surface area contributed by atoms with Crippen molar-refractivity contribution in [3.05, 3.63) is 35.4 Å². The maximum absolute atomic E-state index is 12.4. The molecule has 1 fully saturated rings. The van der Waals surface area contributed by atoms with Crippen LogP contribution in [0, 0.1) is 0 Å². The van der Waals surface area contributed by atoms with Crippen LogP contribution in [0.5, 0.6) is 0 Å². The fourth-order valence-electron chi connectivity index (χ4n) is 2.97. The van der Waals surface area contributed by atoms with E-state index in [2.05, 4.69) is 29.6 Å². The number of hydrogen-bond donors (Lipinski definition) is 1. The Morgan fingerprint density at radius 2 is 2.00 bits per heavy atom. The van der Waals surface area contributed by atoms with Crippen LogP contribution in [0.1, 0.15) is 30.4 Å². The van der Waals surface area contributed by atoms with E-state index in [0.717, 1.165) is 32.5 Å². The number of fused-ring (bicyclic) bond motifs is 1. The van der Waals surface area contributed by atoms with E-state index in [4.69, 9.17) is 0 Å². The lowest BCUT2D eigenvalue weighted by Crippen LogP contribution is -2.49. The van der Waals surface area contributed by atoms with Crippen LogP contribution < -0.4 is 5.32 Å². The summed E-state index contributed by atoms with van der Waals surface area (Å²) in [4.78, 5) is 14.4. The molecule has 3 rings (SSSR count). The largest absolute Gasteiger partial charge is 0.337 e. The van der Waals surface area contributed by atoms with E-state index in [-0.39, 0.29) is 18.4 Å². The van der Waals surface area contributed by atoms with Crippen molar-refractivity contribution in [1.29, 1.82) is 0 Å². The number of halogens is 1. The fraction of sp³-hybridized carbons (Fsp3) is 0.533. The van der Waals surface area contributed by atoms with Crippen LogP contribution in [0.4, 0.5) is 0 Å². The molecule has 1 aromatic carbocycles. The Hall–Kier alpha value is -1.06. The monoisotopic (exact) mass is 280 g/mol. The molecule has 0 aliphatic carbocycles. The topological polar surface area (TPSA) is 32.3 Å².